The number of morpholine rings is 1. The van der Waals surface area contributed by atoms with Gasteiger partial charge in [-0.15, -0.1) is 0 Å². The standard InChI is InChI=1S/C13H22N2O6/c1-3-5-14(8-11(16)21-4-2)13(19)15-6-7-20-9-10(15)12(17)18/h10H,3-9H2,1-2H3,(H,17,18). The molecule has 1 unspecified atom stereocenters. The summed E-state index contributed by atoms with van der Waals surface area (Å²) < 4.78 is 9.94. The first kappa shape index (κ1) is 17.2. The van der Waals surface area contributed by atoms with Crippen LogP contribution in [0.2, 0.25) is 0 Å². The third-order valence-electron chi connectivity index (χ3n) is 3.05. The third-order valence-corrected chi connectivity index (χ3v) is 3.05. The maximum atomic E-state index is 12.5. The van der Waals surface area contributed by atoms with Crippen LogP contribution in [0.25, 0.3) is 0 Å². The second-order valence-corrected chi connectivity index (χ2v) is 4.63. The first-order chi connectivity index (χ1) is 10.0. The zero-order valence-corrected chi connectivity index (χ0v) is 12.4. The molecule has 0 aromatic heterocycles. The number of rotatable bonds is 6. The van der Waals surface area contributed by atoms with Crippen molar-refractivity contribution in [2.75, 3.05) is 39.5 Å². The van der Waals surface area contributed by atoms with Crippen LogP contribution in [0.5, 0.6) is 0 Å². The number of carbonyl (C=O) groups excluding carboxylic acids is 2. The summed E-state index contributed by atoms with van der Waals surface area (Å²) in [5, 5.41) is 9.15. The van der Waals surface area contributed by atoms with E-state index >= 15 is 0 Å². The number of urea groups is 1. The molecule has 1 rings (SSSR count). The maximum Gasteiger partial charge on any atom is 0.328 e. The van der Waals surface area contributed by atoms with Gasteiger partial charge in [0.2, 0.25) is 0 Å². The highest BCUT2D eigenvalue weighted by atomic mass is 16.5. The number of hydrogen-bond donors (Lipinski definition) is 1. The van der Waals surface area contributed by atoms with Crippen molar-refractivity contribution in [2.45, 2.75) is 26.3 Å². The van der Waals surface area contributed by atoms with E-state index in [-0.39, 0.29) is 32.9 Å². The molecule has 1 N–H and O–H groups in total. The van der Waals surface area contributed by atoms with E-state index in [9.17, 15) is 14.4 Å². The molecule has 1 saturated heterocycles. The normalized spacial score (nSPS) is 18.2. The van der Waals surface area contributed by atoms with Crippen LogP contribution in [0.1, 0.15) is 20.3 Å². The molecule has 21 heavy (non-hydrogen) atoms. The van der Waals surface area contributed by atoms with E-state index in [2.05, 4.69) is 0 Å². The molecule has 0 saturated carbocycles. The van der Waals surface area contributed by atoms with E-state index in [1.807, 2.05) is 6.92 Å². The lowest BCUT2D eigenvalue weighted by Crippen LogP contribution is -2.57. The molecule has 0 aromatic rings. The molecule has 8 nitrogen and oxygen atoms in total. The predicted molar refractivity (Wildman–Crippen MR) is 72.8 cm³/mol. The molecule has 120 valence electrons. The Kier molecular flexibility index (Phi) is 6.93. The number of carboxylic acids is 1. The Morgan fingerprint density at radius 2 is 2.10 bits per heavy atom. The van der Waals surface area contributed by atoms with Gasteiger partial charge in [-0.3, -0.25) is 4.79 Å². The number of aliphatic carboxylic acids is 1. The van der Waals surface area contributed by atoms with Crippen molar-refractivity contribution in [3.05, 3.63) is 0 Å². The van der Waals surface area contributed by atoms with E-state index in [4.69, 9.17) is 14.6 Å². The monoisotopic (exact) mass is 302 g/mol. The molecule has 1 heterocycles. The molecule has 1 aliphatic heterocycles. The van der Waals surface area contributed by atoms with Crippen molar-refractivity contribution in [1.29, 1.82) is 0 Å². The number of amides is 2. The van der Waals surface area contributed by atoms with Gasteiger partial charge in [-0.1, -0.05) is 6.92 Å². The predicted octanol–water partition coefficient (Wildman–Crippen LogP) is 0.167. The average molecular weight is 302 g/mol. The molecular formula is C13H22N2O6. The van der Waals surface area contributed by atoms with Crippen molar-refractivity contribution in [2.24, 2.45) is 0 Å². The van der Waals surface area contributed by atoms with Crippen LogP contribution in [0.15, 0.2) is 0 Å². The smallest absolute Gasteiger partial charge is 0.328 e. The Bertz CT molecular complexity index is 387. The fraction of sp³-hybridized carbons (Fsp3) is 0.769. The molecule has 0 bridgehead atoms. The van der Waals surface area contributed by atoms with Crippen LogP contribution >= 0.6 is 0 Å². The second kappa shape index (κ2) is 8.46. The number of carbonyl (C=O) groups is 3. The van der Waals surface area contributed by atoms with Crippen molar-refractivity contribution in [3.8, 4) is 0 Å². The summed E-state index contributed by atoms with van der Waals surface area (Å²) in [6, 6.07) is -1.49. The summed E-state index contributed by atoms with van der Waals surface area (Å²) in [6.45, 7) is 4.42. The van der Waals surface area contributed by atoms with E-state index in [1.54, 1.807) is 6.92 Å². The van der Waals surface area contributed by atoms with E-state index < -0.39 is 24.0 Å². The van der Waals surface area contributed by atoms with Crippen molar-refractivity contribution in [3.63, 3.8) is 0 Å². The highest BCUT2D eigenvalue weighted by Gasteiger charge is 2.35. The van der Waals surface area contributed by atoms with Crippen molar-refractivity contribution >= 4 is 18.0 Å². The molecule has 0 spiro atoms. The first-order valence-corrected chi connectivity index (χ1v) is 7.02. The van der Waals surface area contributed by atoms with Crippen molar-refractivity contribution < 1.29 is 29.0 Å². The van der Waals surface area contributed by atoms with Gasteiger partial charge >= 0.3 is 18.0 Å². The summed E-state index contributed by atoms with van der Waals surface area (Å²) in [5.74, 6) is -1.62. The van der Waals surface area contributed by atoms with Gasteiger partial charge < -0.3 is 24.4 Å². The SMILES string of the molecule is CCCN(CC(=O)OCC)C(=O)N1CCOCC1C(=O)O. The molecule has 0 aromatic carbocycles. The Labute approximate surface area is 123 Å². The summed E-state index contributed by atoms with van der Waals surface area (Å²) in [7, 11) is 0. The fourth-order valence-corrected chi connectivity index (χ4v) is 2.09. The zero-order chi connectivity index (χ0) is 15.8. The van der Waals surface area contributed by atoms with Crippen molar-refractivity contribution in [1.82, 2.24) is 9.80 Å². The number of hydrogen-bond acceptors (Lipinski definition) is 5. The third kappa shape index (κ3) is 4.89. The van der Waals surface area contributed by atoms with E-state index in [1.165, 1.54) is 9.80 Å². The van der Waals surface area contributed by atoms with Gasteiger partial charge in [-0.05, 0) is 13.3 Å². The number of carboxylic acid groups (broad SMARTS) is 1. The number of nitrogens with zero attached hydrogens (tertiary/aromatic N) is 2. The van der Waals surface area contributed by atoms with Gasteiger partial charge in [0.1, 0.15) is 6.54 Å². The van der Waals surface area contributed by atoms with Gasteiger partial charge in [0, 0.05) is 13.1 Å². The Morgan fingerprint density at radius 1 is 1.38 bits per heavy atom. The van der Waals surface area contributed by atoms with Gasteiger partial charge in [0.15, 0.2) is 6.04 Å². The molecule has 1 fully saturated rings. The Morgan fingerprint density at radius 3 is 2.67 bits per heavy atom. The molecule has 2 amide bonds. The average Bonchev–Trinajstić information content (AvgIpc) is 2.46. The second-order valence-electron chi connectivity index (χ2n) is 4.63. The van der Waals surface area contributed by atoms with Crippen LogP contribution in [0.3, 0.4) is 0 Å². The quantitative estimate of drug-likeness (QED) is 0.702. The van der Waals surface area contributed by atoms with Gasteiger partial charge in [0.25, 0.3) is 0 Å². The topological polar surface area (TPSA) is 96.4 Å². The van der Waals surface area contributed by atoms with Crippen LogP contribution in [-0.4, -0.2) is 78.4 Å². The number of esters is 1. The van der Waals surface area contributed by atoms with Gasteiger partial charge in [-0.25, -0.2) is 9.59 Å². The fourth-order valence-electron chi connectivity index (χ4n) is 2.09. The van der Waals surface area contributed by atoms with Crippen LogP contribution in [0.4, 0.5) is 4.79 Å². The lowest BCUT2D eigenvalue weighted by Gasteiger charge is -2.36. The molecule has 8 heteroatoms. The van der Waals surface area contributed by atoms with Gasteiger partial charge in [0.05, 0.1) is 19.8 Å². The molecule has 0 aliphatic carbocycles. The molecular weight excluding hydrogens is 280 g/mol. The minimum atomic E-state index is -1.12. The van der Waals surface area contributed by atoms with Crippen LogP contribution in [-0.2, 0) is 19.1 Å². The maximum absolute atomic E-state index is 12.5. The van der Waals surface area contributed by atoms with Crippen LogP contribution in [0, 0.1) is 0 Å². The van der Waals surface area contributed by atoms with Crippen LogP contribution < -0.4 is 0 Å². The zero-order valence-electron chi connectivity index (χ0n) is 12.4. The summed E-state index contributed by atoms with van der Waals surface area (Å²) in [4.78, 5) is 37.8. The lowest BCUT2D eigenvalue weighted by atomic mass is 10.2. The first-order valence-electron chi connectivity index (χ1n) is 7.02. The highest BCUT2D eigenvalue weighted by molar-refractivity contribution is 5.85. The van der Waals surface area contributed by atoms with Gasteiger partial charge in [-0.2, -0.15) is 0 Å². The minimum Gasteiger partial charge on any atom is -0.480 e. The molecule has 1 aliphatic rings. The Balaban J connectivity index is 2.77. The Hall–Kier alpha value is -1.83. The van der Waals surface area contributed by atoms with E-state index in [0.717, 1.165) is 0 Å². The molecule has 0 radical (unpaired) electrons. The highest BCUT2D eigenvalue weighted by Crippen LogP contribution is 2.11. The summed E-state index contributed by atoms with van der Waals surface area (Å²) in [6.07, 6.45) is 0.660. The molecule has 1 atom stereocenters. The number of ether oxygens (including phenoxy) is 2. The lowest BCUT2D eigenvalue weighted by molar-refractivity contribution is -0.147. The largest absolute Gasteiger partial charge is 0.480 e. The summed E-state index contributed by atoms with van der Waals surface area (Å²) in [5.41, 5.74) is 0. The summed E-state index contributed by atoms with van der Waals surface area (Å²) >= 11 is 0. The minimum absolute atomic E-state index is 0.0412. The van der Waals surface area contributed by atoms with E-state index in [0.29, 0.717) is 13.0 Å².